The predicted molar refractivity (Wildman–Crippen MR) is 62.9 cm³/mol. The molecule has 88 valence electrons. The van der Waals surface area contributed by atoms with Gasteiger partial charge >= 0.3 is 0 Å². The van der Waals surface area contributed by atoms with Crippen molar-refractivity contribution >= 4 is 11.4 Å². The molecular weight excluding hydrogens is 207 g/mol. The standard InChI is InChI=1S/C12H17FN2O/c1-8-6-10(4-5-16-8)15-12-3-2-9(14)7-11(12)13/h2-3,7-8,10,15H,4-6,14H2,1H3. The Labute approximate surface area is 94.8 Å². The molecule has 1 aliphatic heterocycles. The van der Waals surface area contributed by atoms with Crippen molar-refractivity contribution in [2.24, 2.45) is 0 Å². The van der Waals surface area contributed by atoms with Crippen LogP contribution in [0.3, 0.4) is 0 Å². The number of hydrogen-bond acceptors (Lipinski definition) is 3. The predicted octanol–water partition coefficient (Wildman–Crippen LogP) is 2.39. The first-order chi connectivity index (χ1) is 7.65. The van der Waals surface area contributed by atoms with Gasteiger partial charge in [-0.1, -0.05) is 0 Å². The van der Waals surface area contributed by atoms with E-state index >= 15 is 0 Å². The van der Waals surface area contributed by atoms with E-state index in [0.717, 1.165) is 19.4 Å². The van der Waals surface area contributed by atoms with Gasteiger partial charge in [0.25, 0.3) is 0 Å². The molecule has 16 heavy (non-hydrogen) atoms. The van der Waals surface area contributed by atoms with Gasteiger partial charge < -0.3 is 15.8 Å². The van der Waals surface area contributed by atoms with E-state index in [-0.39, 0.29) is 18.0 Å². The number of nitrogens with one attached hydrogen (secondary N) is 1. The van der Waals surface area contributed by atoms with Crippen LogP contribution in [0.5, 0.6) is 0 Å². The van der Waals surface area contributed by atoms with E-state index in [4.69, 9.17) is 10.5 Å². The number of nitrogens with two attached hydrogens (primary N) is 1. The lowest BCUT2D eigenvalue weighted by Gasteiger charge is -2.28. The highest BCUT2D eigenvalue weighted by Crippen LogP contribution is 2.22. The van der Waals surface area contributed by atoms with Gasteiger partial charge in [-0.15, -0.1) is 0 Å². The largest absolute Gasteiger partial charge is 0.399 e. The molecular formula is C12H17FN2O. The maximum atomic E-state index is 13.5. The van der Waals surface area contributed by atoms with Gasteiger partial charge in [-0.3, -0.25) is 0 Å². The van der Waals surface area contributed by atoms with Crippen LogP contribution in [-0.4, -0.2) is 18.8 Å². The highest BCUT2D eigenvalue weighted by atomic mass is 19.1. The van der Waals surface area contributed by atoms with Crippen molar-refractivity contribution in [3.05, 3.63) is 24.0 Å². The van der Waals surface area contributed by atoms with Gasteiger partial charge in [-0.2, -0.15) is 0 Å². The van der Waals surface area contributed by atoms with Crippen molar-refractivity contribution in [1.82, 2.24) is 0 Å². The van der Waals surface area contributed by atoms with E-state index < -0.39 is 0 Å². The average molecular weight is 224 g/mol. The molecule has 0 saturated carbocycles. The zero-order chi connectivity index (χ0) is 11.5. The van der Waals surface area contributed by atoms with E-state index in [0.29, 0.717) is 11.4 Å². The minimum Gasteiger partial charge on any atom is -0.399 e. The minimum absolute atomic E-state index is 0.239. The maximum Gasteiger partial charge on any atom is 0.148 e. The van der Waals surface area contributed by atoms with Crippen molar-refractivity contribution in [3.8, 4) is 0 Å². The van der Waals surface area contributed by atoms with Crippen LogP contribution in [0.2, 0.25) is 0 Å². The zero-order valence-corrected chi connectivity index (χ0v) is 9.37. The first-order valence-corrected chi connectivity index (χ1v) is 5.58. The number of hydrogen-bond donors (Lipinski definition) is 2. The molecule has 1 aliphatic rings. The molecule has 2 unspecified atom stereocenters. The van der Waals surface area contributed by atoms with Crippen LogP contribution >= 0.6 is 0 Å². The molecule has 1 saturated heterocycles. The van der Waals surface area contributed by atoms with Crippen LogP contribution in [-0.2, 0) is 4.74 Å². The van der Waals surface area contributed by atoms with Gasteiger partial charge in [0, 0.05) is 18.3 Å². The molecule has 2 rings (SSSR count). The van der Waals surface area contributed by atoms with Gasteiger partial charge in [0.2, 0.25) is 0 Å². The Kier molecular flexibility index (Phi) is 3.29. The van der Waals surface area contributed by atoms with E-state index in [2.05, 4.69) is 5.32 Å². The molecule has 0 aliphatic carbocycles. The van der Waals surface area contributed by atoms with Gasteiger partial charge in [-0.05, 0) is 38.0 Å². The third-order valence-corrected chi connectivity index (χ3v) is 2.84. The molecule has 0 spiro atoms. The molecule has 0 radical (unpaired) electrons. The van der Waals surface area contributed by atoms with Crippen molar-refractivity contribution in [2.75, 3.05) is 17.7 Å². The second-order valence-electron chi connectivity index (χ2n) is 4.29. The fraction of sp³-hybridized carbons (Fsp3) is 0.500. The number of nitrogen functional groups attached to an aromatic ring is 1. The zero-order valence-electron chi connectivity index (χ0n) is 9.37. The Hall–Kier alpha value is -1.29. The summed E-state index contributed by atoms with van der Waals surface area (Å²) < 4.78 is 19.0. The Balaban J connectivity index is 2.02. The van der Waals surface area contributed by atoms with Crippen LogP contribution in [0.25, 0.3) is 0 Å². The number of rotatable bonds is 2. The molecule has 1 aromatic carbocycles. The summed E-state index contributed by atoms with van der Waals surface area (Å²) >= 11 is 0. The lowest BCUT2D eigenvalue weighted by Crippen LogP contribution is -2.32. The van der Waals surface area contributed by atoms with Crippen molar-refractivity contribution in [3.63, 3.8) is 0 Å². The second kappa shape index (κ2) is 4.70. The van der Waals surface area contributed by atoms with Gasteiger partial charge in [0.1, 0.15) is 5.82 Å². The van der Waals surface area contributed by atoms with Crippen molar-refractivity contribution in [1.29, 1.82) is 0 Å². The summed E-state index contributed by atoms with van der Waals surface area (Å²) in [6, 6.07) is 5.01. The fourth-order valence-electron chi connectivity index (χ4n) is 2.00. The first-order valence-electron chi connectivity index (χ1n) is 5.58. The Morgan fingerprint density at radius 3 is 3.00 bits per heavy atom. The summed E-state index contributed by atoms with van der Waals surface area (Å²) in [6.07, 6.45) is 2.06. The first kappa shape index (κ1) is 11.2. The van der Waals surface area contributed by atoms with E-state index in [1.165, 1.54) is 6.07 Å². The summed E-state index contributed by atoms with van der Waals surface area (Å²) in [5.74, 6) is -0.292. The molecule has 1 heterocycles. The summed E-state index contributed by atoms with van der Waals surface area (Å²) in [5.41, 5.74) is 6.46. The van der Waals surface area contributed by atoms with Gasteiger partial charge in [0.05, 0.1) is 11.8 Å². The molecule has 3 nitrogen and oxygen atoms in total. The molecule has 2 atom stereocenters. The molecule has 1 aromatic rings. The molecule has 0 amide bonds. The average Bonchev–Trinajstić information content (AvgIpc) is 2.22. The second-order valence-corrected chi connectivity index (χ2v) is 4.29. The molecule has 4 heteroatoms. The van der Waals surface area contributed by atoms with E-state index in [1.807, 2.05) is 6.92 Å². The van der Waals surface area contributed by atoms with Gasteiger partial charge in [-0.25, -0.2) is 4.39 Å². The van der Waals surface area contributed by atoms with Crippen molar-refractivity contribution in [2.45, 2.75) is 31.9 Å². The van der Waals surface area contributed by atoms with Crippen LogP contribution in [0.1, 0.15) is 19.8 Å². The molecule has 1 fully saturated rings. The van der Waals surface area contributed by atoms with Crippen LogP contribution in [0, 0.1) is 5.82 Å². The number of anilines is 2. The summed E-state index contributed by atoms with van der Waals surface area (Å²) in [5, 5.41) is 3.20. The summed E-state index contributed by atoms with van der Waals surface area (Å²) in [6.45, 7) is 2.77. The van der Waals surface area contributed by atoms with Crippen LogP contribution < -0.4 is 11.1 Å². The molecule has 0 bridgehead atoms. The SMILES string of the molecule is CC1CC(Nc2ccc(N)cc2F)CCO1. The Morgan fingerprint density at radius 1 is 1.50 bits per heavy atom. The molecule has 3 N–H and O–H groups in total. The number of halogens is 1. The number of benzene rings is 1. The third-order valence-electron chi connectivity index (χ3n) is 2.84. The van der Waals surface area contributed by atoms with Crippen LogP contribution in [0.4, 0.5) is 15.8 Å². The topological polar surface area (TPSA) is 47.3 Å². The smallest absolute Gasteiger partial charge is 0.148 e. The number of ether oxygens (including phenoxy) is 1. The highest BCUT2D eigenvalue weighted by Gasteiger charge is 2.19. The third kappa shape index (κ3) is 2.64. The molecule has 0 aromatic heterocycles. The quantitative estimate of drug-likeness (QED) is 0.758. The highest BCUT2D eigenvalue weighted by molar-refractivity contribution is 5.53. The van der Waals surface area contributed by atoms with Crippen molar-refractivity contribution < 1.29 is 9.13 Å². The summed E-state index contributed by atoms with van der Waals surface area (Å²) in [7, 11) is 0. The maximum absolute atomic E-state index is 13.5. The Morgan fingerprint density at radius 2 is 2.31 bits per heavy atom. The van der Waals surface area contributed by atoms with E-state index in [1.54, 1.807) is 12.1 Å². The van der Waals surface area contributed by atoms with E-state index in [9.17, 15) is 4.39 Å². The minimum atomic E-state index is -0.292. The van der Waals surface area contributed by atoms with Gasteiger partial charge in [0.15, 0.2) is 0 Å². The lowest BCUT2D eigenvalue weighted by molar-refractivity contribution is 0.0232. The lowest BCUT2D eigenvalue weighted by atomic mass is 10.0. The summed E-state index contributed by atoms with van der Waals surface area (Å²) in [4.78, 5) is 0. The van der Waals surface area contributed by atoms with Crippen LogP contribution in [0.15, 0.2) is 18.2 Å². The normalized spacial score (nSPS) is 25.4. The fourth-order valence-corrected chi connectivity index (χ4v) is 2.00. The Bertz CT molecular complexity index is 370. The monoisotopic (exact) mass is 224 g/mol.